The summed E-state index contributed by atoms with van der Waals surface area (Å²) < 4.78 is 8.26. The number of benzene rings is 2. The summed E-state index contributed by atoms with van der Waals surface area (Å²) in [6.07, 6.45) is 0. The Morgan fingerprint density at radius 3 is 2.43 bits per heavy atom. The highest BCUT2D eigenvalue weighted by atomic mass is 16.5. The van der Waals surface area contributed by atoms with Crippen molar-refractivity contribution in [3.8, 4) is 5.75 Å². The van der Waals surface area contributed by atoms with Gasteiger partial charge in [0.05, 0.1) is 17.6 Å². The van der Waals surface area contributed by atoms with Crippen LogP contribution in [0.15, 0.2) is 42.5 Å². The van der Waals surface area contributed by atoms with E-state index in [1.807, 2.05) is 6.07 Å². The Hall–Kier alpha value is -2.29. The Morgan fingerprint density at radius 1 is 1.04 bits per heavy atom. The minimum atomic E-state index is 0.392. The number of ether oxygens (including phenoxy) is 1. The standard InChI is InChI=1S/C20H24N2O/c1-14(2)20-21-18-7-5-6-8-19(18)22(20)9-10-23-17-12-15(3)11-16(4)13-17/h5-8,11-14H,9-10H2,1-4H3. The molecule has 0 aliphatic heterocycles. The minimum absolute atomic E-state index is 0.392. The first kappa shape index (κ1) is 15.6. The first-order chi connectivity index (χ1) is 11.0. The second-order valence-electron chi connectivity index (χ2n) is 6.44. The van der Waals surface area contributed by atoms with Crippen molar-refractivity contribution in [2.45, 2.75) is 40.2 Å². The maximum Gasteiger partial charge on any atom is 0.119 e. The highest BCUT2D eigenvalue weighted by Gasteiger charge is 2.13. The largest absolute Gasteiger partial charge is 0.492 e. The molecule has 0 spiro atoms. The molecule has 0 atom stereocenters. The Kier molecular flexibility index (Phi) is 4.37. The number of fused-ring (bicyclic) bond motifs is 1. The average Bonchev–Trinajstić information content (AvgIpc) is 2.86. The van der Waals surface area contributed by atoms with Crippen LogP contribution >= 0.6 is 0 Å². The van der Waals surface area contributed by atoms with E-state index in [1.54, 1.807) is 0 Å². The summed E-state index contributed by atoms with van der Waals surface area (Å²) in [5, 5.41) is 0. The van der Waals surface area contributed by atoms with Crippen LogP contribution in [0.5, 0.6) is 5.75 Å². The van der Waals surface area contributed by atoms with Crippen LogP contribution in [0.4, 0.5) is 0 Å². The maximum absolute atomic E-state index is 5.98. The van der Waals surface area contributed by atoms with E-state index in [2.05, 4.69) is 68.7 Å². The van der Waals surface area contributed by atoms with E-state index in [0.29, 0.717) is 12.5 Å². The van der Waals surface area contributed by atoms with E-state index in [9.17, 15) is 0 Å². The van der Waals surface area contributed by atoms with E-state index in [4.69, 9.17) is 9.72 Å². The quantitative estimate of drug-likeness (QED) is 0.673. The summed E-state index contributed by atoms with van der Waals surface area (Å²) in [4.78, 5) is 4.77. The lowest BCUT2D eigenvalue weighted by Gasteiger charge is -2.13. The van der Waals surface area contributed by atoms with Crippen LogP contribution in [0.25, 0.3) is 11.0 Å². The predicted octanol–water partition coefficient (Wildman–Crippen LogP) is 4.86. The van der Waals surface area contributed by atoms with Crippen molar-refractivity contribution in [1.29, 1.82) is 0 Å². The molecule has 0 aliphatic rings. The lowest BCUT2D eigenvalue weighted by atomic mass is 10.1. The van der Waals surface area contributed by atoms with E-state index >= 15 is 0 Å². The summed E-state index contributed by atoms with van der Waals surface area (Å²) in [6.45, 7) is 10.0. The van der Waals surface area contributed by atoms with Crippen LogP contribution in [-0.2, 0) is 6.54 Å². The van der Waals surface area contributed by atoms with E-state index in [1.165, 1.54) is 16.6 Å². The molecule has 2 aromatic carbocycles. The summed E-state index contributed by atoms with van der Waals surface area (Å²) in [5.74, 6) is 2.46. The number of nitrogens with zero attached hydrogens (tertiary/aromatic N) is 2. The van der Waals surface area contributed by atoms with Gasteiger partial charge in [0.1, 0.15) is 18.2 Å². The number of rotatable bonds is 5. The second kappa shape index (κ2) is 6.45. The monoisotopic (exact) mass is 308 g/mol. The molecule has 3 nitrogen and oxygen atoms in total. The van der Waals surface area contributed by atoms with Gasteiger partial charge in [-0.15, -0.1) is 0 Å². The summed E-state index contributed by atoms with van der Waals surface area (Å²) in [7, 11) is 0. The first-order valence-electron chi connectivity index (χ1n) is 8.21. The zero-order valence-corrected chi connectivity index (χ0v) is 14.3. The van der Waals surface area contributed by atoms with Crippen LogP contribution < -0.4 is 4.74 Å². The first-order valence-corrected chi connectivity index (χ1v) is 8.21. The van der Waals surface area contributed by atoms with Gasteiger partial charge in [-0.1, -0.05) is 32.0 Å². The molecular formula is C20H24N2O. The van der Waals surface area contributed by atoms with Gasteiger partial charge in [-0.25, -0.2) is 4.98 Å². The van der Waals surface area contributed by atoms with Crippen LogP contribution in [-0.4, -0.2) is 16.2 Å². The third-order valence-electron chi connectivity index (χ3n) is 3.98. The summed E-state index contributed by atoms with van der Waals surface area (Å²) >= 11 is 0. The molecule has 0 N–H and O–H groups in total. The topological polar surface area (TPSA) is 27.1 Å². The molecule has 3 rings (SSSR count). The highest BCUT2D eigenvalue weighted by Crippen LogP contribution is 2.22. The fourth-order valence-electron chi connectivity index (χ4n) is 3.04. The number of aromatic nitrogens is 2. The molecule has 0 bridgehead atoms. The van der Waals surface area contributed by atoms with Gasteiger partial charge >= 0.3 is 0 Å². The van der Waals surface area contributed by atoms with Crippen LogP contribution in [0, 0.1) is 13.8 Å². The third-order valence-corrected chi connectivity index (χ3v) is 3.98. The molecule has 0 radical (unpaired) electrons. The molecule has 3 heteroatoms. The molecule has 1 aromatic heterocycles. The minimum Gasteiger partial charge on any atom is -0.492 e. The van der Waals surface area contributed by atoms with E-state index < -0.39 is 0 Å². The molecule has 0 saturated heterocycles. The van der Waals surface area contributed by atoms with Crippen molar-refractivity contribution in [2.75, 3.05) is 6.61 Å². The van der Waals surface area contributed by atoms with Crippen molar-refractivity contribution in [3.05, 3.63) is 59.4 Å². The Balaban J connectivity index is 1.80. The lowest BCUT2D eigenvalue weighted by Crippen LogP contribution is -2.12. The number of para-hydroxylation sites is 2. The van der Waals surface area contributed by atoms with Crippen LogP contribution in [0.3, 0.4) is 0 Å². The predicted molar refractivity (Wildman–Crippen MR) is 95.2 cm³/mol. The van der Waals surface area contributed by atoms with Gasteiger partial charge < -0.3 is 9.30 Å². The van der Waals surface area contributed by atoms with Gasteiger partial charge in [-0.2, -0.15) is 0 Å². The molecular weight excluding hydrogens is 284 g/mol. The zero-order valence-electron chi connectivity index (χ0n) is 14.3. The molecule has 0 aliphatic carbocycles. The van der Waals surface area contributed by atoms with Gasteiger partial charge in [0.25, 0.3) is 0 Å². The SMILES string of the molecule is Cc1cc(C)cc(OCCn2c(C(C)C)nc3ccccc32)c1. The maximum atomic E-state index is 5.98. The van der Waals surface area contributed by atoms with Gasteiger partial charge in [-0.05, 0) is 49.2 Å². The number of imidazole rings is 1. The third kappa shape index (κ3) is 3.39. The average molecular weight is 308 g/mol. The molecule has 23 heavy (non-hydrogen) atoms. The second-order valence-corrected chi connectivity index (χ2v) is 6.44. The molecule has 120 valence electrons. The smallest absolute Gasteiger partial charge is 0.119 e. The Morgan fingerprint density at radius 2 is 1.74 bits per heavy atom. The molecule has 0 fully saturated rings. The summed E-state index contributed by atoms with van der Waals surface area (Å²) in [6, 6.07) is 14.6. The fourth-order valence-corrected chi connectivity index (χ4v) is 3.04. The van der Waals surface area contributed by atoms with Gasteiger partial charge in [0.2, 0.25) is 0 Å². The Bertz CT molecular complexity index is 797. The van der Waals surface area contributed by atoms with Gasteiger partial charge in [0, 0.05) is 5.92 Å². The van der Waals surface area contributed by atoms with Crippen LogP contribution in [0.2, 0.25) is 0 Å². The highest BCUT2D eigenvalue weighted by molar-refractivity contribution is 5.76. The lowest BCUT2D eigenvalue weighted by molar-refractivity contribution is 0.297. The molecule has 3 aromatic rings. The normalized spacial score (nSPS) is 11.3. The number of hydrogen-bond donors (Lipinski definition) is 0. The van der Waals surface area contributed by atoms with Gasteiger partial charge in [0.15, 0.2) is 0 Å². The number of aryl methyl sites for hydroxylation is 2. The Labute approximate surface area is 137 Å². The van der Waals surface area contributed by atoms with E-state index in [0.717, 1.165) is 23.6 Å². The van der Waals surface area contributed by atoms with Gasteiger partial charge in [-0.3, -0.25) is 0 Å². The summed E-state index contributed by atoms with van der Waals surface area (Å²) in [5.41, 5.74) is 4.70. The van der Waals surface area contributed by atoms with Crippen molar-refractivity contribution < 1.29 is 4.74 Å². The molecule has 0 unspecified atom stereocenters. The van der Waals surface area contributed by atoms with Crippen molar-refractivity contribution in [2.24, 2.45) is 0 Å². The molecule has 0 saturated carbocycles. The van der Waals surface area contributed by atoms with E-state index in [-0.39, 0.29) is 0 Å². The zero-order chi connectivity index (χ0) is 16.4. The fraction of sp³-hybridized carbons (Fsp3) is 0.350. The van der Waals surface area contributed by atoms with Crippen molar-refractivity contribution in [3.63, 3.8) is 0 Å². The van der Waals surface area contributed by atoms with Crippen LogP contribution in [0.1, 0.15) is 36.7 Å². The number of hydrogen-bond acceptors (Lipinski definition) is 2. The molecule has 1 heterocycles. The van der Waals surface area contributed by atoms with Crippen molar-refractivity contribution in [1.82, 2.24) is 9.55 Å². The molecule has 0 amide bonds. The van der Waals surface area contributed by atoms with Crippen molar-refractivity contribution >= 4 is 11.0 Å².